The zero-order chi connectivity index (χ0) is 12.3. The highest BCUT2D eigenvalue weighted by Crippen LogP contribution is 2.21. The maximum absolute atomic E-state index is 5.63. The molecule has 0 saturated carbocycles. The molecule has 0 fully saturated rings. The van der Waals surface area contributed by atoms with Crippen LogP contribution in [0.2, 0.25) is 0 Å². The van der Waals surface area contributed by atoms with Gasteiger partial charge in [-0.2, -0.15) is 0 Å². The van der Waals surface area contributed by atoms with Gasteiger partial charge in [0.15, 0.2) is 0 Å². The molecule has 0 radical (unpaired) electrons. The molecule has 0 amide bonds. The van der Waals surface area contributed by atoms with E-state index in [1.807, 2.05) is 12.1 Å². The summed E-state index contributed by atoms with van der Waals surface area (Å²) < 4.78 is 0. The number of rotatable bonds is 3. The van der Waals surface area contributed by atoms with E-state index in [4.69, 9.17) is 5.73 Å². The molecule has 2 aromatic rings. The van der Waals surface area contributed by atoms with Crippen LogP contribution in [0.5, 0.6) is 0 Å². The molecule has 2 aromatic carbocycles. The van der Waals surface area contributed by atoms with Crippen molar-refractivity contribution in [3.8, 4) is 0 Å². The molecule has 0 aliphatic heterocycles. The van der Waals surface area contributed by atoms with E-state index in [-0.39, 0.29) is 0 Å². The van der Waals surface area contributed by atoms with Gasteiger partial charge in [0.2, 0.25) is 0 Å². The van der Waals surface area contributed by atoms with Crippen LogP contribution in [-0.4, -0.2) is 0 Å². The summed E-state index contributed by atoms with van der Waals surface area (Å²) in [5, 5.41) is 3.42. The van der Waals surface area contributed by atoms with Gasteiger partial charge in [0.1, 0.15) is 0 Å². The Morgan fingerprint density at radius 3 is 2.59 bits per heavy atom. The number of aryl methyl sites for hydroxylation is 2. The van der Waals surface area contributed by atoms with Gasteiger partial charge in [-0.25, -0.2) is 0 Å². The third-order valence-electron chi connectivity index (χ3n) is 2.82. The highest BCUT2D eigenvalue weighted by atomic mass is 14.9. The second-order valence-corrected chi connectivity index (χ2v) is 4.35. The minimum absolute atomic E-state index is 0.572. The molecule has 0 aromatic heterocycles. The van der Waals surface area contributed by atoms with Crippen LogP contribution in [-0.2, 0) is 6.54 Å². The molecule has 0 unspecified atom stereocenters. The number of nitrogens with one attached hydrogen (secondary N) is 1. The maximum atomic E-state index is 5.63. The van der Waals surface area contributed by atoms with Gasteiger partial charge in [-0.1, -0.05) is 29.8 Å². The molecule has 0 aliphatic rings. The molecule has 2 heteroatoms. The van der Waals surface area contributed by atoms with E-state index in [1.54, 1.807) is 0 Å². The molecule has 2 nitrogen and oxygen atoms in total. The molecule has 0 spiro atoms. The first-order valence-electron chi connectivity index (χ1n) is 5.82. The Bertz CT molecular complexity index is 518. The van der Waals surface area contributed by atoms with Gasteiger partial charge in [-0.05, 0) is 43.2 Å². The predicted molar refractivity (Wildman–Crippen MR) is 73.5 cm³/mol. The van der Waals surface area contributed by atoms with E-state index in [9.17, 15) is 0 Å². The van der Waals surface area contributed by atoms with Crippen molar-refractivity contribution in [1.29, 1.82) is 0 Å². The van der Waals surface area contributed by atoms with Gasteiger partial charge in [0.05, 0.1) is 0 Å². The number of nitrogens with two attached hydrogens (primary N) is 1. The summed E-state index contributed by atoms with van der Waals surface area (Å²) in [7, 11) is 0. The molecule has 3 N–H and O–H groups in total. The van der Waals surface area contributed by atoms with E-state index >= 15 is 0 Å². The molecule has 0 bridgehead atoms. The topological polar surface area (TPSA) is 38.0 Å². The average Bonchev–Trinajstić information content (AvgIpc) is 2.33. The van der Waals surface area contributed by atoms with Crippen LogP contribution < -0.4 is 11.1 Å². The molecule has 0 aliphatic carbocycles. The van der Waals surface area contributed by atoms with E-state index in [1.165, 1.54) is 11.1 Å². The molecule has 0 atom stereocenters. The Kier molecular flexibility index (Phi) is 3.45. The minimum Gasteiger partial charge on any atom is -0.355 e. The van der Waals surface area contributed by atoms with Gasteiger partial charge in [0.25, 0.3) is 0 Å². The second kappa shape index (κ2) is 5.02. The summed E-state index contributed by atoms with van der Waals surface area (Å²) in [6.45, 7) is 4.79. The van der Waals surface area contributed by atoms with Crippen molar-refractivity contribution in [2.75, 3.05) is 5.32 Å². The smallest absolute Gasteiger partial charge is 0.0414 e. The van der Waals surface area contributed by atoms with Crippen molar-refractivity contribution in [2.45, 2.75) is 20.4 Å². The fourth-order valence-electron chi connectivity index (χ4n) is 1.89. The molecule has 88 valence electrons. The lowest BCUT2D eigenvalue weighted by molar-refractivity contribution is 1.07. The van der Waals surface area contributed by atoms with Crippen molar-refractivity contribution < 1.29 is 0 Å². The van der Waals surface area contributed by atoms with Crippen LogP contribution in [0.3, 0.4) is 0 Å². The van der Waals surface area contributed by atoms with Crippen molar-refractivity contribution in [2.24, 2.45) is 5.73 Å². The van der Waals surface area contributed by atoms with Gasteiger partial charge in [-0.15, -0.1) is 0 Å². The number of anilines is 2. The third kappa shape index (κ3) is 2.86. The molecule has 2 rings (SSSR count). The SMILES string of the molecule is Cc1ccc(Nc2cccc(CN)c2)c(C)c1. The zero-order valence-corrected chi connectivity index (χ0v) is 10.3. The standard InChI is InChI=1S/C15H18N2/c1-11-6-7-15(12(2)8-11)17-14-5-3-4-13(9-14)10-16/h3-9,17H,10,16H2,1-2H3. The van der Waals surface area contributed by atoms with E-state index in [0.29, 0.717) is 6.54 Å². The third-order valence-corrected chi connectivity index (χ3v) is 2.82. The van der Waals surface area contributed by atoms with Gasteiger partial charge in [-0.3, -0.25) is 0 Å². The van der Waals surface area contributed by atoms with Gasteiger partial charge in [0, 0.05) is 17.9 Å². The highest BCUT2D eigenvalue weighted by Gasteiger charge is 1.99. The molecule has 0 heterocycles. The lowest BCUT2D eigenvalue weighted by Gasteiger charge is -2.11. The first-order valence-corrected chi connectivity index (χ1v) is 5.82. The number of benzene rings is 2. The second-order valence-electron chi connectivity index (χ2n) is 4.35. The van der Waals surface area contributed by atoms with Gasteiger partial charge >= 0.3 is 0 Å². The van der Waals surface area contributed by atoms with Crippen molar-refractivity contribution in [3.05, 3.63) is 59.2 Å². The normalized spacial score (nSPS) is 10.3. The Labute approximate surface area is 102 Å². The van der Waals surface area contributed by atoms with Crippen LogP contribution in [0.1, 0.15) is 16.7 Å². The van der Waals surface area contributed by atoms with E-state index < -0.39 is 0 Å². The fourth-order valence-corrected chi connectivity index (χ4v) is 1.89. The monoisotopic (exact) mass is 226 g/mol. The molecular weight excluding hydrogens is 208 g/mol. The van der Waals surface area contributed by atoms with E-state index in [0.717, 1.165) is 16.9 Å². The first-order chi connectivity index (χ1) is 8.19. The summed E-state index contributed by atoms with van der Waals surface area (Å²) in [4.78, 5) is 0. The van der Waals surface area contributed by atoms with Crippen molar-refractivity contribution in [3.63, 3.8) is 0 Å². The van der Waals surface area contributed by atoms with E-state index in [2.05, 4.69) is 49.5 Å². The summed E-state index contributed by atoms with van der Waals surface area (Å²) in [6, 6.07) is 14.6. The van der Waals surface area contributed by atoms with Crippen molar-refractivity contribution in [1.82, 2.24) is 0 Å². The Hall–Kier alpha value is -1.80. The average molecular weight is 226 g/mol. The lowest BCUT2D eigenvalue weighted by Crippen LogP contribution is -1.98. The Balaban J connectivity index is 2.25. The van der Waals surface area contributed by atoms with Crippen LogP contribution in [0.25, 0.3) is 0 Å². The molecular formula is C15H18N2. The van der Waals surface area contributed by atoms with Crippen LogP contribution >= 0.6 is 0 Å². The minimum atomic E-state index is 0.572. The highest BCUT2D eigenvalue weighted by molar-refractivity contribution is 5.63. The first kappa shape index (κ1) is 11.7. The maximum Gasteiger partial charge on any atom is 0.0414 e. The van der Waals surface area contributed by atoms with Crippen LogP contribution in [0, 0.1) is 13.8 Å². The molecule has 0 saturated heterocycles. The number of hydrogen-bond acceptors (Lipinski definition) is 2. The Morgan fingerprint density at radius 2 is 1.88 bits per heavy atom. The van der Waals surface area contributed by atoms with Gasteiger partial charge < -0.3 is 11.1 Å². The van der Waals surface area contributed by atoms with Crippen LogP contribution in [0.15, 0.2) is 42.5 Å². The zero-order valence-electron chi connectivity index (χ0n) is 10.3. The fraction of sp³-hybridized carbons (Fsp3) is 0.200. The lowest BCUT2D eigenvalue weighted by atomic mass is 10.1. The quantitative estimate of drug-likeness (QED) is 0.840. The molecule has 17 heavy (non-hydrogen) atoms. The van der Waals surface area contributed by atoms with Crippen molar-refractivity contribution >= 4 is 11.4 Å². The summed E-state index contributed by atoms with van der Waals surface area (Å²) in [6.07, 6.45) is 0. The predicted octanol–water partition coefficient (Wildman–Crippen LogP) is 3.51. The summed E-state index contributed by atoms with van der Waals surface area (Å²) >= 11 is 0. The van der Waals surface area contributed by atoms with Crippen LogP contribution in [0.4, 0.5) is 11.4 Å². The Morgan fingerprint density at radius 1 is 1.06 bits per heavy atom. The summed E-state index contributed by atoms with van der Waals surface area (Å²) in [5.74, 6) is 0. The number of hydrogen-bond donors (Lipinski definition) is 2. The largest absolute Gasteiger partial charge is 0.355 e. The summed E-state index contributed by atoms with van der Waals surface area (Å²) in [5.41, 5.74) is 11.5.